The fourth-order valence-corrected chi connectivity index (χ4v) is 7.29. The van der Waals surface area contributed by atoms with Gasteiger partial charge in [-0.2, -0.15) is 5.26 Å². The average molecular weight is 555 g/mol. The molecule has 12 heteroatoms. The first-order valence-corrected chi connectivity index (χ1v) is 14.7. The van der Waals surface area contributed by atoms with Gasteiger partial charge in [-0.1, -0.05) is 22.9 Å². The fourth-order valence-electron chi connectivity index (χ4n) is 5.10. The lowest BCUT2D eigenvalue weighted by atomic mass is 9.91. The van der Waals surface area contributed by atoms with Crippen LogP contribution >= 0.6 is 34.9 Å². The highest BCUT2D eigenvalue weighted by Crippen LogP contribution is 2.49. The molecule has 7 rings (SSSR count). The first-order chi connectivity index (χ1) is 17.8. The summed E-state index contributed by atoms with van der Waals surface area (Å²) in [6.45, 7) is 6.62. The molecule has 0 amide bonds. The zero-order valence-corrected chi connectivity index (χ0v) is 23.1. The SMILES string of the molecule is CC1=NCC2(CCN(c3cc(SNC4(C)CC4)cn4c(-c5nnc(C6(C#N)CC6)s5)nc(Cl)c34)CC2)O1. The van der Waals surface area contributed by atoms with Crippen LogP contribution in [0.3, 0.4) is 0 Å². The fraction of sp³-hybridized carbons (Fsp3) is 0.560. The summed E-state index contributed by atoms with van der Waals surface area (Å²) < 4.78 is 11.8. The molecular formula is C25H27ClN8OS2. The van der Waals surface area contributed by atoms with E-state index in [1.54, 1.807) is 11.9 Å². The van der Waals surface area contributed by atoms with E-state index >= 15 is 0 Å². The van der Waals surface area contributed by atoms with Crippen molar-refractivity contribution in [1.29, 1.82) is 5.26 Å². The second-order valence-corrected chi connectivity index (χ2v) is 13.2. The van der Waals surface area contributed by atoms with Crippen LogP contribution in [0.25, 0.3) is 16.3 Å². The van der Waals surface area contributed by atoms with Gasteiger partial charge in [0.2, 0.25) is 0 Å². The third-order valence-corrected chi connectivity index (χ3v) is 10.5. The molecule has 3 fully saturated rings. The largest absolute Gasteiger partial charge is 0.473 e. The second-order valence-electron chi connectivity index (χ2n) is 11.0. The Bertz CT molecular complexity index is 1470. The first-order valence-electron chi connectivity index (χ1n) is 12.7. The van der Waals surface area contributed by atoms with Crippen LogP contribution in [0, 0.1) is 11.3 Å². The van der Waals surface area contributed by atoms with E-state index in [1.807, 2.05) is 6.92 Å². The van der Waals surface area contributed by atoms with E-state index in [-0.39, 0.29) is 11.1 Å². The number of piperidine rings is 1. The van der Waals surface area contributed by atoms with Gasteiger partial charge in [-0.15, -0.1) is 10.2 Å². The van der Waals surface area contributed by atoms with Gasteiger partial charge < -0.3 is 9.64 Å². The van der Waals surface area contributed by atoms with Crippen molar-refractivity contribution in [1.82, 2.24) is 24.3 Å². The predicted octanol–water partition coefficient (Wildman–Crippen LogP) is 5.00. The number of hydrogen-bond donors (Lipinski definition) is 1. The number of nitrogens with one attached hydrogen (secondary N) is 1. The van der Waals surface area contributed by atoms with E-state index in [0.717, 1.165) is 72.3 Å². The Morgan fingerprint density at radius 1 is 1.19 bits per heavy atom. The minimum absolute atomic E-state index is 0.178. The van der Waals surface area contributed by atoms with E-state index in [4.69, 9.17) is 21.3 Å². The van der Waals surface area contributed by atoms with Crippen molar-refractivity contribution in [3.05, 3.63) is 22.4 Å². The number of anilines is 1. The second kappa shape index (κ2) is 8.30. The topological polar surface area (TPSA) is 104 Å². The van der Waals surface area contributed by atoms with Gasteiger partial charge in [0.1, 0.15) is 21.5 Å². The molecule has 0 atom stereocenters. The summed E-state index contributed by atoms with van der Waals surface area (Å²) in [5, 5.41) is 20.3. The Kier molecular flexibility index (Phi) is 5.32. The third kappa shape index (κ3) is 4.09. The number of aliphatic imine (C=N–C) groups is 1. The van der Waals surface area contributed by atoms with E-state index in [1.165, 1.54) is 24.2 Å². The van der Waals surface area contributed by atoms with E-state index in [9.17, 15) is 5.26 Å². The van der Waals surface area contributed by atoms with E-state index < -0.39 is 5.41 Å². The van der Waals surface area contributed by atoms with Crippen molar-refractivity contribution in [2.75, 3.05) is 24.5 Å². The third-order valence-electron chi connectivity index (χ3n) is 8.02. The Balaban J connectivity index is 1.27. The van der Waals surface area contributed by atoms with E-state index in [2.05, 4.69) is 54.5 Å². The number of fused-ring (bicyclic) bond motifs is 1. The molecular weight excluding hydrogens is 528 g/mol. The Labute approximate surface area is 228 Å². The predicted molar refractivity (Wildman–Crippen MR) is 146 cm³/mol. The van der Waals surface area contributed by atoms with Crippen LogP contribution in [-0.2, 0) is 10.2 Å². The van der Waals surface area contributed by atoms with Gasteiger partial charge in [-0.05, 0) is 50.6 Å². The Hall–Kier alpha value is -2.39. The Morgan fingerprint density at radius 3 is 2.62 bits per heavy atom. The highest BCUT2D eigenvalue weighted by Gasteiger charge is 2.48. The summed E-state index contributed by atoms with van der Waals surface area (Å²) in [4.78, 5) is 12.7. The summed E-state index contributed by atoms with van der Waals surface area (Å²) in [5.41, 5.74) is 1.46. The van der Waals surface area contributed by atoms with Crippen molar-refractivity contribution in [2.24, 2.45) is 4.99 Å². The number of pyridine rings is 1. The minimum atomic E-state index is -0.475. The molecule has 0 radical (unpaired) electrons. The molecule has 9 nitrogen and oxygen atoms in total. The monoisotopic (exact) mass is 554 g/mol. The number of nitriles is 1. The number of ether oxygens (including phenoxy) is 1. The van der Waals surface area contributed by atoms with Gasteiger partial charge in [-0.25, -0.2) is 4.98 Å². The molecule has 192 valence electrons. The van der Waals surface area contributed by atoms with Gasteiger partial charge >= 0.3 is 0 Å². The van der Waals surface area contributed by atoms with Crippen molar-refractivity contribution >= 4 is 52.0 Å². The molecule has 3 aromatic heterocycles. The quantitative estimate of drug-likeness (QED) is 0.425. The van der Waals surface area contributed by atoms with Gasteiger partial charge in [0, 0.05) is 49.5 Å². The van der Waals surface area contributed by atoms with Crippen LogP contribution in [0.15, 0.2) is 22.2 Å². The maximum absolute atomic E-state index is 9.62. The summed E-state index contributed by atoms with van der Waals surface area (Å²) >= 11 is 9.92. The lowest BCUT2D eigenvalue weighted by Gasteiger charge is -2.39. The molecule has 2 saturated carbocycles. The van der Waals surface area contributed by atoms with Gasteiger partial charge in [0.15, 0.2) is 21.9 Å². The summed E-state index contributed by atoms with van der Waals surface area (Å²) in [6.07, 6.45) is 7.92. The molecule has 3 aromatic rings. The molecule has 1 spiro atoms. The number of imidazole rings is 1. The minimum Gasteiger partial charge on any atom is -0.473 e. The molecule has 0 unspecified atom stereocenters. The zero-order chi connectivity index (χ0) is 25.4. The van der Waals surface area contributed by atoms with Crippen molar-refractivity contribution in [2.45, 2.75) is 73.8 Å². The Morgan fingerprint density at radius 2 is 1.97 bits per heavy atom. The number of aromatic nitrogens is 4. The van der Waals surface area contributed by atoms with Crippen LogP contribution in [0.4, 0.5) is 5.69 Å². The van der Waals surface area contributed by atoms with Crippen LogP contribution < -0.4 is 9.62 Å². The summed E-state index contributed by atoms with van der Waals surface area (Å²) in [5.74, 6) is 1.45. The highest BCUT2D eigenvalue weighted by molar-refractivity contribution is 7.97. The molecule has 37 heavy (non-hydrogen) atoms. The first kappa shape index (κ1) is 23.7. The maximum Gasteiger partial charge on any atom is 0.184 e. The van der Waals surface area contributed by atoms with Crippen LogP contribution in [-0.4, -0.2) is 56.3 Å². The van der Waals surface area contributed by atoms with Crippen molar-refractivity contribution in [3.63, 3.8) is 0 Å². The maximum atomic E-state index is 9.62. The summed E-state index contributed by atoms with van der Waals surface area (Å²) in [6, 6.07) is 4.63. The van der Waals surface area contributed by atoms with Crippen LogP contribution in [0.1, 0.15) is 57.4 Å². The average Bonchev–Trinajstić information content (AvgIpc) is 3.71. The zero-order valence-electron chi connectivity index (χ0n) is 20.8. The van der Waals surface area contributed by atoms with Gasteiger partial charge in [0.25, 0.3) is 0 Å². The molecule has 4 aliphatic rings. The van der Waals surface area contributed by atoms with Gasteiger partial charge in [0.05, 0.1) is 18.3 Å². The molecule has 0 aromatic carbocycles. The van der Waals surface area contributed by atoms with Crippen molar-refractivity contribution in [3.8, 4) is 16.9 Å². The number of nitrogens with zero attached hydrogens (tertiary/aromatic N) is 7. The van der Waals surface area contributed by atoms with Gasteiger partial charge in [-0.3, -0.25) is 14.1 Å². The lowest BCUT2D eigenvalue weighted by Crippen LogP contribution is -2.46. The number of rotatable bonds is 6. The number of hydrogen-bond acceptors (Lipinski definition) is 10. The molecule has 1 saturated heterocycles. The van der Waals surface area contributed by atoms with Crippen LogP contribution in [0.2, 0.25) is 5.15 Å². The highest BCUT2D eigenvalue weighted by atomic mass is 35.5. The van der Waals surface area contributed by atoms with E-state index in [0.29, 0.717) is 16.0 Å². The molecule has 2 aliphatic heterocycles. The number of halogens is 1. The smallest absolute Gasteiger partial charge is 0.184 e. The standard InChI is InChI=1S/C25H27ClN8OS2/c1-15-28-14-25(35-15)7-9-33(10-8-25)17-11-16(37-32-23(2)3-4-23)12-34-18(17)19(26)29-20(34)21-30-31-22(36-21)24(13-27)5-6-24/h11-12,32H,3-10,14H2,1-2H3. The molecule has 2 aliphatic carbocycles. The summed E-state index contributed by atoms with van der Waals surface area (Å²) in [7, 11) is 0. The molecule has 1 N–H and O–H groups in total. The molecule has 0 bridgehead atoms. The van der Waals surface area contributed by atoms with Crippen LogP contribution in [0.5, 0.6) is 0 Å². The molecule has 5 heterocycles. The van der Waals surface area contributed by atoms with Crippen molar-refractivity contribution < 1.29 is 4.74 Å². The lowest BCUT2D eigenvalue weighted by molar-refractivity contribution is 0.0597. The normalized spacial score (nSPS) is 22.6.